The minimum atomic E-state index is 0.0953. The van der Waals surface area contributed by atoms with Crippen LogP contribution in [0.2, 0.25) is 0 Å². The minimum absolute atomic E-state index is 0.0953. The fraction of sp³-hybridized carbons (Fsp3) is 0.632. The molecule has 3 rings (SSSR count). The van der Waals surface area contributed by atoms with Crippen LogP contribution in [0.5, 0.6) is 5.75 Å². The lowest BCUT2D eigenvalue weighted by Gasteiger charge is -2.42. The summed E-state index contributed by atoms with van der Waals surface area (Å²) in [5.74, 6) is 0.976. The third-order valence-corrected chi connectivity index (χ3v) is 5.56. The monoisotopic (exact) mass is 333 g/mol. The van der Waals surface area contributed by atoms with Gasteiger partial charge in [0.25, 0.3) is 0 Å². The van der Waals surface area contributed by atoms with E-state index in [2.05, 4.69) is 12.1 Å². The van der Waals surface area contributed by atoms with Gasteiger partial charge in [0.15, 0.2) is 0 Å². The molecule has 2 heterocycles. The summed E-state index contributed by atoms with van der Waals surface area (Å²) in [6, 6.07) is 8.24. The zero-order chi connectivity index (χ0) is 17.0. The number of likely N-dealkylation sites (tertiary alicyclic amines) is 1. The molecule has 132 valence electrons. The van der Waals surface area contributed by atoms with Crippen LogP contribution in [0.15, 0.2) is 24.3 Å². The number of benzene rings is 1. The highest BCUT2D eigenvalue weighted by Crippen LogP contribution is 2.45. The molecule has 1 aromatic rings. The van der Waals surface area contributed by atoms with Gasteiger partial charge in [-0.05, 0) is 43.4 Å². The van der Waals surface area contributed by atoms with Crippen LogP contribution in [0, 0.1) is 5.41 Å². The van der Waals surface area contributed by atoms with Crippen LogP contribution in [0.25, 0.3) is 0 Å². The maximum Gasteiger partial charge on any atom is 0.248 e. The van der Waals surface area contributed by atoms with Crippen LogP contribution in [0.3, 0.4) is 0 Å². The van der Waals surface area contributed by atoms with Crippen LogP contribution in [0.4, 0.5) is 0 Å². The Morgan fingerprint density at radius 3 is 2.54 bits per heavy atom. The predicted molar refractivity (Wildman–Crippen MR) is 91.2 cm³/mol. The number of amides is 1. The molecular weight excluding hydrogens is 306 g/mol. The molecule has 1 spiro atoms. The Balaban J connectivity index is 1.62. The maximum atomic E-state index is 12.0. The van der Waals surface area contributed by atoms with Gasteiger partial charge in [-0.3, -0.25) is 4.79 Å². The van der Waals surface area contributed by atoms with Gasteiger partial charge in [0, 0.05) is 32.2 Å². The summed E-state index contributed by atoms with van der Waals surface area (Å²) in [5.41, 5.74) is 1.49. The van der Waals surface area contributed by atoms with E-state index in [0.29, 0.717) is 0 Å². The van der Waals surface area contributed by atoms with E-state index in [4.69, 9.17) is 14.2 Å². The Bertz CT molecular complexity index is 549. The second-order valence-corrected chi connectivity index (χ2v) is 6.84. The van der Waals surface area contributed by atoms with Crippen molar-refractivity contribution in [1.82, 2.24) is 4.90 Å². The molecule has 0 radical (unpaired) electrons. The molecule has 1 amide bonds. The van der Waals surface area contributed by atoms with E-state index in [1.165, 1.54) is 5.56 Å². The van der Waals surface area contributed by atoms with Gasteiger partial charge in [0.05, 0.1) is 13.2 Å². The van der Waals surface area contributed by atoms with E-state index in [-0.39, 0.29) is 24.0 Å². The van der Waals surface area contributed by atoms with Crippen molar-refractivity contribution in [3.05, 3.63) is 29.8 Å². The van der Waals surface area contributed by atoms with Crippen molar-refractivity contribution < 1.29 is 19.0 Å². The third-order valence-electron chi connectivity index (χ3n) is 5.56. The zero-order valence-corrected chi connectivity index (χ0v) is 14.6. The lowest BCUT2D eigenvalue weighted by Crippen LogP contribution is -2.47. The first kappa shape index (κ1) is 17.2. The van der Waals surface area contributed by atoms with E-state index in [1.807, 2.05) is 17.0 Å². The quantitative estimate of drug-likeness (QED) is 0.829. The largest absolute Gasteiger partial charge is 0.497 e. The summed E-state index contributed by atoms with van der Waals surface area (Å²) in [7, 11) is 3.25. The summed E-state index contributed by atoms with van der Waals surface area (Å²) in [5, 5.41) is 0. The number of ether oxygens (including phenoxy) is 3. The van der Waals surface area contributed by atoms with Gasteiger partial charge in [-0.25, -0.2) is 0 Å². The van der Waals surface area contributed by atoms with Gasteiger partial charge in [0.1, 0.15) is 12.4 Å². The fourth-order valence-electron chi connectivity index (χ4n) is 3.98. The van der Waals surface area contributed by atoms with Gasteiger partial charge in [-0.2, -0.15) is 0 Å². The fourth-order valence-corrected chi connectivity index (χ4v) is 3.98. The van der Waals surface area contributed by atoms with Crippen LogP contribution >= 0.6 is 0 Å². The van der Waals surface area contributed by atoms with Crippen molar-refractivity contribution in [2.75, 3.05) is 40.5 Å². The summed E-state index contributed by atoms with van der Waals surface area (Å²) < 4.78 is 16.3. The molecular formula is C19H27NO4. The van der Waals surface area contributed by atoms with Crippen molar-refractivity contribution in [2.24, 2.45) is 5.41 Å². The molecule has 2 aliphatic rings. The van der Waals surface area contributed by atoms with Gasteiger partial charge in [-0.15, -0.1) is 0 Å². The molecule has 1 aromatic carbocycles. The van der Waals surface area contributed by atoms with Crippen molar-refractivity contribution in [3.8, 4) is 5.75 Å². The highest BCUT2D eigenvalue weighted by atomic mass is 16.5. The molecule has 0 aromatic heterocycles. The number of piperidine rings is 1. The predicted octanol–water partition coefficient (Wildman–Crippen LogP) is 2.28. The Labute approximate surface area is 143 Å². The number of hydrogen-bond acceptors (Lipinski definition) is 4. The molecule has 5 heteroatoms. The van der Waals surface area contributed by atoms with Gasteiger partial charge < -0.3 is 19.1 Å². The van der Waals surface area contributed by atoms with E-state index in [0.717, 1.165) is 51.1 Å². The first-order valence-corrected chi connectivity index (χ1v) is 8.68. The lowest BCUT2D eigenvalue weighted by atomic mass is 9.71. The molecule has 1 unspecified atom stereocenters. The van der Waals surface area contributed by atoms with Gasteiger partial charge in [-0.1, -0.05) is 12.1 Å². The van der Waals surface area contributed by atoms with Gasteiger partial charge in [0.2, 0.25) is 5.91 Å². The average Bonchev–Trinajstić information content (AvgIpc) is 2.98. The molecule has 2 saturated heterocycles. The third kappa shape index (κ3) is 3.57. The first-order chi connectivity index (χ1) is 11.7. The zero-order valence-electron chi connectivity index (χ0n) is 14.6. The second kappa shape index (κ2) is 7.53. The molecule has 0 aliphatic carbocycles. The summed E-state index contributed by atoms with van der Waals surface area (Å²) >= 11 is 0. The minimum Gasteiger partial charge on any atom is -0.497 e. The van der Waals surface area contributed by atoms with Crippen molar-refractivity contribution >= 4 is 5.91 Å². The van der Waals surface area contributed by atoms with Crippen LogP contribution in [0.1, 0.15) is 24.8 Å². The van der Waals surface area contributed by atoms with E-state index in [1.54, 1.807) is 14.2 Å². The molecule has 5 nitrogen and oxygen atoms in total. The van der Waals surface area contributed by atoms with Crippen LogP contribution in [-0.4, -0.2) is 57.4 Å². The Morgan fingerprint density at radius 1 is 1.21 bits per heavy atom. The molecule has 2 aliphatic heterocycles. The normalized spacial score (nSPS) is 22.8. The highest BCUT2D eigenvalue weighted by Gasteiger charge is 2.46. The molecule has 2 fully saturated rings. The second-order valence-electron chi connectivity index (χ2n) is 6.84. The molecule has 24 heavy (non-hydrogen) atoms. The van der Waals surface area contributed by atoms with Crippen molar-refractivity contribution in [2.45, 2.75) is 31.8 Å². The standard InChI is InChI=1S/C19H27NO4/c1-22-14-18(21)20-10-7-19(8-11-20)9-12-24-17(19)13-15-3-5-16(23-2)6-4-15/h3-6,17H,7-14H2,1-2H3. The number of carbonyl (C=O) groups is 1. The van der Waals surface area contributed by atoms with E-state index in [9.17, 15) is 4.79 Å². The highest BCUT2D eigenvalue weighted by molar-refractivity contribution is 5.77. The maximum absolute atomic E-state index is 12.0. The topological polar surface area (TPSA) is 48.0 Å². The summed E-state index contributed by atoms with van der Waals surface area (Å²) in [4.78, 5) is 13.9. The SMILES string of the molecule is COCC(=O)N1CCC2(CCOC2Cc2ccc(OC)cc2)CC1. The Hall–Kier alpha value is -1.59. The number of methoxy groups -OCH3 is 2. The number of hydrogen-bond donors (Lipinski definition) is 0. The number of carbonyl (C=O) groups excluding carboxylic acids is 1. The number of nitrogens with zero attached hydrogens (tertiary/aromatic N) is 1. The Kier molecular flexibility index (Phi) is 5.41. The smallest absolute Gasteiger partial charge is 0.248 e. The van der Waals surface area contributed by atoms with Crippen molar-refractivity contribution in [3.63, 3.8) is 0 Å². The average molecular weight is 333 g/mol. The molecule has 0 N–H and O–H groups in total. The van der Waals surface area contributed by atoms with Crippen LogP contribution in [-0.2, 0) is 20.7 Å². The summed E-state index contributed by atoms with van der Waals surface area (Å²) in [6.45, 7) is 2.63. The van der Waals surface area contributed by atoms with Crippen LogP contribution < -0.4 is 4.74 Å². The van der Waals surface area contributed by atoms with E-state index < -0.39 is 0 Å². The first-order valence-electron chi connectivity index (χ1n) is 8.68. The lowest BCUT2D eigenvalue weighted by molar-refractivity contribution is -0.138. The molecule has 1 atom stereocenters. The van der Waals surface area contributed by atoms with Crippen molar-refractivity contribution in [1.29, 1.82) is 0 Å². The van der Waals surface area contributed by atoms with Gasteiger partial charge >= 0.3 is 0 Å². The molecule has 0 saturated carbocycles. The molecule has 0 bridgehead atoms. The number of rotatable bonds is 5. The van der Waals surface area contributed by atoms with E-state index >= 15 is 0 Å². The summed E-state index contributed by atoms with van der Waals surface area (Å²) in [6.07, 6.45) is 4.30. The Morgan fingerprint density at radius 2 is 1.92 bits per heavy atom.